The van der Waals surface area contributed by atoms with Crippen LogP contribution < -0.4 is 20.5 Å². The molecule has 0 fully saturated rings. The van der Waals surface area contributed by atoms with Crippen LogP contribution in [0.3, 0.4) is 0 Å². The van der Waals surface area contributed by atoms with Gasteiger partial charge in [-0.25, -0.2) is 0 Å². The van der Waals surface area contributed by atoms with Gasteiger partial charge in [-0.3, -0.25) is 9.59 Å². The van der Waals surface area contributed by atoms with Crippen molar-refractivity contribution in [1.29, 1.82) is 0 Å². The van der Waals surface area contributed by atoms with Crippen molar-refractivity contribution in [3.63, 3.8) is 0 Å². The van der Waals surface area contributed by atoms with Crippen LogP contribution in [0.15, 0.2) is 18.2 Å². The summed E-state index contributed by atoms with van der Waals surface area (Å²) in [7, 11) is 4.93. The monoisotopic (exact) mass is 379 g/mol. The number of ether oxygens (including phenoxy) is 2. The zero-order valence-electron chi connectivity index (χ0n) is 16.9. The Morgan fingerprint density at radius 2 is 1.85 bits per heavy atom. The Morgan fingerprint density at radius 1 is 1.15 bits per heavy atom. The minimum Gasteiger partial charge on any atom is -0.493 e. The standard InChI is InChI=1S/C20H33N3O4/c1-15(22-19(24)8-6-5-7-12-21)20(25)23(2)13-11-16-9-10-17(26-3)18(14-16)27-4/h9-10,14-15H,5-8,11-13,21H2,1-4H3,(H,22,24)/t15-/m1/s1. The molecule has 0 aliphatic carbocycles. The molecule has 2 amide bonds. The number of methoxy groups -OCH3 is 2. The molecule has 0 saturated carbocycles. The van der Waals surface area contributed by atoms with Crippen LogP contribution in [0.5, 0.6) is 11.5 Å². The molecule has 0 unspecified atom stereocenters. The van der Waals surface area contributed by atoms with Crippen molar-refractivity contribution in [1.82, 2.24) is 10.2 Å². The van der Waals surface area contributed by atoms with Gasteiger partial charge < -0.3 is 25.4 Å². The van der Waals surface area contributed by atoms with Crippen LogP contribution in [-0.4, -0.2) is 57.1 Å². The minimum absolute atomic E-state index is 0.0961. The first-order chi connectivity index (χ1) is 12.9. The summed E-state index contributed by atoms with van der Waals surface area (Å²) in [5.41, 5.74) is 6.48. The number of carbonyl (C=O) groups is 2. The first kappa shape index (κ1) is 22.8. The van der Waals surface area contributed by atoms with Gasteiger partial charge in [0, 0.05) is 20.0 Å². The Labute approximate surface area is 162 Å². The van der Waals surface area contributed by atoms with E-state index >= 15 is 0 Å². The van der Waals surface area contributed by atoms with E-state index in [4.69, 9.17) is 15.2 Å². The molecule has 3 N–H and O–H groups in total. The number of nitrogens with one attached hydrogen (secondary N) is 1. The fraction of sp³-hybridized carbons (Fsp3) is 0.600. The summed E-state index contributed by atoms with van der Waals surface area (Å²) in [4.78, 5) is 26.0. The molecule has 0 radical (unpaired) electrons. The third-order valence-electron chi connectivity index (χ3n) is 4.42. The van der Waals surface area contributed by atoms with Crippen LogP contribution in [-0.2, 0) is 16.0 Å². The van der Waals surface area contributed by atoms with Gasteiger partial charge in [0.25, 0.3) is 0 Å². The van der Waals surface area contributed by atoms with Gasteiger partial charge in [0.05, 0.1) is 14.2 Å². The summed E-state index contributed by atoms with van der Waals surface area (Å²) >= 11 is 0. The van der Waals surface area contributed by atoms with Crippen molar-refractivity contribution in [2.75, 3.05) is 34.4 Å². The van der Waals surface area contributed by atoms with E-state index in [1.807, 2.05) is 18.2 Å². The van der Waals surface area contributed by atoms with Crippen LogP contribution >= 0.6 is 0 Å². The van der Waals surface area contributed by atoms with E-state index in [1.54, 1.807) is 33.1 Å². The molecule has 0 aliphatic rings. The number of amides is 2. The van der Waals surface area contributed by atoms with Crippen LogP contribution in [0.2, 0.25) is 0 Å². The number of likely N-dealkylation sites (N-methyl/N-ethyl adjacent to an activating group) is 1. The molecule has 7 heteroatoms. The largest absolute Gasteiger partial charge is 0.493 e. The summed E-state index contributed by atoms with van der Waals surface area (Å²) < 4.78 is 10.5. The van der Waals surface area contributed by atoms with Gasteiger partial charge in [-0.05, 0) is 50.4 Å². The summed E-state index contributed by atoms with van der Waals surface area (Å²) in [6.07, 6.45) is 3.74. The van der Waals surface area contributed by atoms with Crippen molar-refractivity contribution in [2.24, 2.45) is 5.73 Å². The minimum atomic E-state index is -0.539. The molecule has 0 spiro atoms. The molecular weight excluding hydrogens is 346 g/mol. The van der Waals surface area contributed by atoms with Gasteiger partial charge in [-0.15, -0.1) is 0 Å². The molecule has 152 valence electrons. The predicted octanol–water partition coefficient (Wildman–Crippen LogP) is 1.73. The van der Waals surface area contributed by atoms with Crippen LogP contribution in [0.25, 0.3) is 0 Å². The number of benzene rings is 1. The van der Waals surface area contributed by atoms with Crippen molar-refractivity contribution in [2.45, 2.75) is 45.1 Å². The zero-order valence-corrected chi connectivity index (χ0v) is 16.9. The summed E-state index contributed by atoms with van der Waals surface area (Å²) in [6.45, 7) is 2.90. The van der Waals surface area contributed by atoms with Crippen LogP contribution in [0.1, 0.15) is 38.2 Å². The molecule has 1 rings (SSSR count). The molecule has 27 heavy (non-hydrogen) atoms. The summed E-state index contributed by atoms with van der Waals surface area (Å²) in [6, 6.07) is 5.17. The fourth-order valence-corrected chi connectivity index (χ4v) is 2.76. The van der Waals surface area contributed by atoms with Crippen LogP contribution in [0, 0.1) is 0 Å². The molecule has 7 nitrogen and oxygen atoms in total. The highest BCUT2D eigenvalue weighted by molar-refractivity contribution is 5.87. The predicted molar refractivity (Wildman–Crippen MR) is 106 cm³/mol. The maximum Gasteiger partial charge on any atom is 0.244 e. The van der Waals surface area contributed by atoms with E-state index in [0.29, 0.717) is 37.4 Å². The highest BCUT2D eigenvalue weighted by atomic mass is 16.5. The smallest absolute Gasteiger partial charge is 0.244 e. The lowest BCUT2D eigenvalue weighted by molar-refractivity contribution is -0.134. The Kier molecular flexibility index (Phi) is 10.3. The molecular formula is C20H33N3O4. The lowest BCUT2D eigenvalue weighted by atomic mass is 10.1. The fourth-order valence-electron chi connectivity index (χ4n) is 2.76. The van der Waals surface area contributed by atoms with Gasteiger partial charge in [0.1, 0.15) is 6.04 Å². The number of carbonyl (C=O) groups excluding carboxylic acids is 2. The molecule has 0 heterocycles. The van der Waals surface area contributed by atoms with E-state index in [2.05, 4.69) is 5.32 Å². The summed E-state index contributed by atoms with van der Waals surface area (Å²) in [5, 5.41) is 2.77. The average molecular weight is 380 g/mol. The molecule has 0 bridgehead atoms. The van der Waals surface area contributed by atoms with Crippen molar-refractivity contribution in [3.8, 4) is 11.5 Å². The third kappa shape index (κ3) is 7.86. The number of nitrogens with two attached hydrogens (primary N) is 1. The molecule has 0 aromatic heterocycles. The second-order valence-corrected chi connectivity index (χ2v) is 6.59. The normalized spacial score (nSPS) is 11.6. The van der Waals surface area contributed by atoms with Gasteiger partial charge in [-0.2, -0.15) is 0 Å². The van der Waals surface area contributed by atoms with E-state index in [9.17, 15) is 9.59 Å². The number of hydrogen-bond donors (Lipinski definition) is 2. The van der Waals surface area contributed by atoms with E-state index in [1.165, 1.54) is 0 Å². The highest BCUT2D eigenvalue weighted by Gasteiger charge is 2.19. The first-order valence-electron chi connectivity index (χ1n) is 9.38. The topological polar surface area (TPSA) is 93.9 Å². The van der Waals surface area contributed by atoms with Gasteiger partial charge >= 0.3 is 0 Å². The molecule has 1 aromatic carbocycles. The number of rotatable bonds is 12. The van der Waals surface area contributed by atoms with Gasteiger partial charge in [0.2, 0.25) is 11.8 Å². The van der Waals surface area contributed by atoms with Crippen molar-refractivity contribution in [3.05, 3.63) is 23.8 Å². The Bertz CT molecular complexity index is 607. The van der Waals surface area contributed by atoms with E-state index < -0.39 is 6.04 Å². The molecule has 1 aromatic rings. The highest BCUT2D eigenvalue weighted by Crippen LogP contribution is 2.27. The zero-order chi connectivity index (χ0) is 20.2. The van der Waals surface area contributed by atoms with Crippen LogP contribution in [0.4, 0.5) is 0 Å². The number of nitrogens with zero attached hydrogens (tertiary/aromatic N) is 1. The molecule has 0 aliphatic heterocycles. The third-order valence-corrected chi connectivity index (χ3v) is 4.42. The Hall–Kier alpha value is -2.28. The lowest BCUT2D eigenvalue weighted by Gasteiger charge is -2.22. The van der Waals surface area contributed by atoms with E-state index in [0.717, 1.165) is 24.8 Å². The summed E-state index contributed by atoms with van der Waals surface area (Å²) in [5.74, 6) is 1.14. The first-order valence-corrected chi connectivity index (χ1v) is 9.38. The van der Waals surface area contributed by atoms with E-state index in [-0.39, 0.29) is 11.8 Å². The quantitative estimate of drug-likeness (QED) is 0.540. The second-order valence-electron chi connectivity index (χ2n) is 6.59. The molecule has 1 atom stereocenters. The maximum atomic E-state index is 12.4. The Morgan fingerprint density at radius 3 is 2.48 bits per heavy atom. The van der Waals surface area contributed by atoms with Gasteiger partial charge in [0.15, 0.2) is 11.5 Å². The maximum absolute atomic E-state index is 12.4. The van der Waals surface area contributed by atoms with Crippen molar-refractivity contribution < 1.29 is 19.1 Å². The Balaban J connectivity index is 2.45. The molecule has 0 saturated heterocycles. The SMILES string of the molecule is COc1ccc(CCN(C)C(=O)[C@@H](C)NC(=O)CCCCCN)cc1OC. The number of hydrogen-bond acceptors (Lipinski definition) is 5. The second kappa shape index (κ2) is 12.2. The lowest BCUT2D eigenvalue weighted by Crippen LogP contribution is -2.46. The van der Waals surface area contributed by atoms with Gasteiger partial charge in [-0.1, -0.05) is 12.5 Å². The number of unbranched alkanes of at least 4 members (excludes halogenated alkanes) is 2. The van der Waals surface area contributed by atoms with Crippen molar-refractivity contribution >= 4 is 11.8 Å². The average Bonchev–Trinajstić information content (AvgIpc) is 2.68.